The number of nitrogens with zero attached hydrogens (tertiary/aromatic N) is 5. The van der Waals surface area contributed by atoms with Gasteiger partial charge in [-0.25, -0.2) is 14.8 Å². The van der Waals surface area contributed by atoms with E-state index in [4.69, 9.17) is 9.72 Å². The van der Waals surface area contributed by atoms with Gasteiger partial charge in [0.25, 0.3) is 5.91 Å². The molecule has 38 heavy (non-hydrogen) atoms. The van der Waals surface area contributed by atoms with Crippen LogP contribution in [0.4, 0.5) is 17.5 Å². The first-order valence-electron chi connectivity index (χ1n) is 13.1. The van der Waals surface area contributed by atoms with Crippen molar-refractivity contribution in [3.05, 3.63) is 47.7 Å². The number of carbonyl (C=O) groups is 2. The van der Waals surface area contributed by atoms with E-state index in [0.29, 0.717) is 46.7 Å². The number of rotatable bonds is 8. The van der Waals surface area contributed by atoms with Crippen LogP contribution in [-0.4, -0.2) is 56.7 Å². The highest BCUT2D eigenvalue weighted by Crippen LogP contribution is 2.46. The van der Waals surface area contributed by atoms with Gasteiger partial charge in [-0.1, -0.05) is 32.8 Å². The van der Waals surface area contributed by atoms with Crippen molar-refractivity contribution in [2.45, 2.75) is 58.0 Å². The maximum absolute atomic E-state index is 12.4. The van der Waals surface area contributed by atoms with Crippen LogP contribution >= 0.6 is 0 Å². The molecular formula is C27H33N7O4. The molecule has 1 fully saturated rings. The fourth-order valence-corrected chi connectivity index (χ4v) is 6.03. The highest BCUT2D eigenvalue weighted by molar-refractivity contribution is 5.99. The normalized spacial score (nSPS) is 20.0. The molecule has 0 radical (unpaired) electrons. The number of carboxylic acid groups (broad SMARTS) is 1. The molecule has 2 unspecified atom stereocenters. The van der Waals surface area contributed by atoms with Gasteiger partial charge >= 0.3 is 5.97 Å². The second-order valence-corrected chi connectivity index (χ2v) is 9.64. The Kier molecular flexibility index (Phi) is 6.92. The summed E-state index contributed by atoms with van der Waals surface area (Å²) in [5, 5.41) is 15.8. The van der Waals surface area contributed by atoms with Crippen molar-refractivity contribution in [3.8, 4) is 11.4 Å². The molecule has 3 heterocycles. The molecule has 200 valence electrons. The minimum atomic E-state index is -1.04. The number of hydrogen-bond donors (Lipinski definition) is 3. The van der Waals surface area contributed by atoms with Crippen LogP contribution in [0.25, 0.3) is 5.69 Å². The second-order valence-electron chi connectivity index (χ2n) is 9.64. The van der Waals surface area contributed by atoms with E-state index in [2.05, 4.69) is 39.3 Å². The van der Waals surface area contributed by atoms with E-state index in [-0.39, 0.29) is 23.7 Å². The molecule has 1 aromatic carbocycles. The number of carbonyl (C=O) groups excluding carboxylic acids is 1. The number of benzene rings is 1. The predicted octanol–water partition coefficient (Wildman–Crippen LogP) is 4.32. The zero-order chi connectivity index (χ0) is 27.0. The zero-order valence-corrected chi connectivity index (χ0v) is 22.1. The lowest BCUT2D eigenvalue weighted by Gasteiger charge is -2.43. The van der Waals surface area contributed by atoms with Gasteiger partial charge in [-0.05, 0) is 37.3 Å². The SMILES string of the molecule is CCC1CCCC1N1c2nc(Nc3cccc(C(=O)NC)c3OC)ncc2-n2cnc(C(=O)O)c2[C@H]1CC. The molecule has 3 N–H and O–H groups in total. The second kappa shape index (κ2) is 10.3. The summed E-state index contributed by atoms with van der Waals surface area (Å²) in [5.41, 5.74) is 2.39. The molecule has 1 aliphatic carbocycles. The fourth-order valence-electron chi connectivity index (χ4n) is 6.03. The van der Waals surface area contributed by atoms with Gasteiger partial charge in [0.2, 0.25) is 5.95 Å². The zero-order valence-electron chi connectivity index (χ0n) is 22.1. The number of amides is 1. The molecule has 5 rings (SSSR count). The Labute approximate surface area is 221 Å². The van der Waals surface area contributed by atoms with Crippen molar-refractivity contribution in [2.75, 3.05) is 24.4 Å². The molecule has 3 atom stereocenters. The summed E-state index contributed by atoms with van der Waals surface area (Å²) in [5.74, 6) is 0.660. The molecule has 0 spiro atoms. The standard InChI is InChI=1S/C27H33N7O4/c1-5-15-9-7-12-19(15)34-18(6-2)22-21(26(36)37)30-14-33(22)20-13-29-27(32-24(20)34)31-17-11-8-10-16(23(17)38-4)25(35)28-3/h8,10-11,13-15,18-19H,5-7,9,12H2,1-4H3,(H,28,35)(H,36,37)(H,29,31,32)/t15?,18-,19?/m1/s1. The number of fused-ring (bicyclic) bond motifs is 3. The lowest BCUT2D eigenvalue weighted by Crippen LogP contribution is -2.45. The lowest BCUT2D eigenvalue weighted by molar-refractivity contribution is 0.0688. The van der Waals surface area contributed by atoms with Crippen molar-refractivity contribution in [2.24, 2.45) is 5.92 Å². The summed E-state index contributed by atoms with van der Waals surface area (Å²) in [7, 11) is 3.08. The number of aromatic nitrogens is 4. The third-order valence-corrected chi connectivity index (χ3v) is 7.74. The first-order valence-corrected chi connectivity index (χ1v) is 13.1. The quantitative estimate of drug-likeness (QED) is 0.398. The van der Waals surface area contributed by atoms with Gasteiger partial charge in [0.05, 0.1) is 36.3 Å². The van der Waals surface area contributed by atoms with Gasteiger partial charge < -0.3 is 25.4 Å². The van der Waals surface area contributed by atoms with Gasteiger partial charge in [-0.2, -0.15) is 4.98 Å². The van der Waals surface area contributed by atoms with Crippen LogP contribution in [0.3, 0.4) is 0 Å². The summed E-state index contributed by atoms with van der Waals surface area (Å²) in [6.45, 7) is 4.28. The molecule has 11 heteroatoms. The van der Waals surface area contributed by atoms with Gasteiger partial charge in [0, 0.05) is 13.1 Å². The summed E-state index contributed by atoms with van der Waals surface area (Å²) in [6, 6.07) is 5.29. The lowest BCUT2D eigenvalue weighted by atomic mass is 9.94. The third-order valence-electron chi connectivity index (χ3n) is 7.74. The molecule has 2 aromatic heterocycles. The number of anilines is 3. The van der Waals surface area contributed by atoms with Crippen LogP contribution in [0.5, 0.6) is 5.75 Å². The number of methoxy groups -OCH3 is 1. The molecular weight excluding hydrogens is 486 g/mol. The molecule has 3 aromatic rings. The largest absolute Gasteiger partial charge is 0.494 e. The summed E-state index contributed by atoms with van der Waals surface area (Å²) in [4.78, 5) is 40.6. The monoisotopic (exact) mass is 519 g/mol. The van der Waals surface area contributed by atoms with E-state index < -0.39 is 5.97 Å². The molecule has 1 amide bonds. The predicted molar refractivity (Wildman–Crippen MR) is 143 cm³/mol. The Balaban J connectivity index is 1.64. The number of para-hydroxylation sites is 1. The van der Waals surface area contributed by atoms with E-state index in [1.165, 1.54) is 7.11 Å². The maximum Gasteiger partial charge on any atom is 0.356 e. The Hall–Kier alpha value is -4.15. The molecule has 0 saturated heterocycles. The molecule has 1 saturated carbocycles. The topological polar surface area (TPSA) is 134 Å². The van der Waals surface area contributed by atoms with Crippen LogP contribution in [-0.2, 0) is 0 Å². The number of carboxylic acids is 1. The van der Waals surface area contributed by atoms with Crippen molar-refractivity contribution >= 4 is 29.3 Å². The van der Waals surface area contributed by atoms with Gasteiger partial charge in [0.1, 0.15) is 12.0 Å². The highest BCUT2D eigenvalue weighted by Gasteiger charge is 2.43. The minimum absolute atomic E-state index is 0.0662. The average Bonchev–Trinajstić information content (AvgIpc) is 3.59. The smallest absolute Gasteiger partial charge is 0.356 e. The van der Waals surface area contributed by atoms with E-state index in [1.54, 1.807) is 37.8 Å². The number of nitrogens with one attached hydrogen (secondary N) is 2. The van der Waals surface area contributed by atoms with Crippen LogP contribution in [0.15, 0.2) is 30.7 Å². The van der Waals surface area contributed by atoms with E-state index in [1.807, 2.05) is 4.57 Å². The van der Waals surface area contributed by atoms with Crippen molar-refractivity contribution in [1.82, 2.24) is 24.8 Å². The van der Waals surface area contributed by atoms with Gasteiger partial charge in [0.15, 0.2) is 17.3 Å². The number of aromatic carboxylic acids is 1. The van der Waals surface area contributed by atoms with Gasteiger partial charge in [-0.3, -0.25) is 9.36 Å². The first-order chi connectivity index (χ1) is 18.4. The number of hydrogen-bond acceptors (Lipinski definition) is 8. The number of ether oxygens (including phenoxy) is 1. The third kappa shape index (κ3) is 4.11. The van der Waals surface area contributed by atoms with E-state index >= 15 is 0 Å². The molecule has 0 bridgehead atoms. The van der Waals surface area contributed by atoms with E-state index in [0.717, 1.165) is 31.5 Å². The Morgan fingerprint density at radius 1 is 1.18 bits per heavy atom. The molecule has 1 aliphatic heterocycles. The van der Waals surface area contributed by atoms with Crippen LogP contribution in [0.2, 0.25) is 0 Å². The van der Waals surface area contributed by atoms with Crippen molar-refractivity contribution in [1.29, 1.82) is 0 Å². The maximum atomic E-state index is 12.4. The molecule has 11 nitrogen and oxygen atoms in total. The summed E-state index contributed by atoms with van der Waals surface area (Å²) < 4.78 is 7.38. The number of imidazole rings is 1. The highest BCUT2D eigenvalue weighted by atomic mass is 16.5. The minimum Gasteiger partial charge on any atom is -0.494 e. The first kappa shape index (κ1) is 25.5. The Bertz CT molecular complexity index is 1370. The summed E-state index contributed by atoms with van der Waals surface area (Å²) in [6.07, 6.45) is 8.26. The van der Waals surface area contributed by atoms with Gasteiger partial charge in [-0.15, -0.1) is 0 Å². The van der Waals surface area contributed by atoms with Crippen LogP contribution in [0, 0.1) is 5.92 Å². The Morgan fingerprint density at radius 2 is 2.00 bits per heavy atom. The average molecular weight is 520 g/mol. The fraction of sp³-hybridized carbons (Fsp3) is 0.444. The van der Waals surface area contributed by atoms with E-state index in [9.17, 15) is 14.7 Å². The van der Waals surface area contributed by atoms with Crippen molar-refractivity contribution < 1.29 is 19.4 Å². The van der Waals surface area contributed by atoms with Crippen LogP contribution < -0.4 is 20.3 Å². The van der Waals surface area contributed by atoms with Crippen molar-refractivity contribution in [3.63, 3.8) is 0 Å². The molecule has 2 aliphatic rings. The van der Waals surface area contributed by atoms with Crippen LogP contribution in [0.1, 0.15) is 78.5 Å². The Morgan fingerprint density at radius 3 is 2.68 bits per heavy atom. The summed E-state index contributed by atoms with van der Waals surface area (Å²) >= 11 is 0.